The number of quaternary nitrogens is 1. The van der Waals surface area contributed by atoms with Crippen LogP contribution in [0, 0.1) is 0 Å². The highest BCUT2D eigenvalue weighted by atomic mass is 16.2. The van der Waals surface area contributed by atoms with Crippen molar-refractivity contribution in [2.45, 2.75) is 13.3 Å². The van der Waals surface area contributed by atoms with Crippen molar-refractivity contribution in [2.75, 3.05) is 46.3 Å². The average molecular weight is 264 g/mol. The summed E-state index contributed by atoms with van der Waals surface area (Å²) in [5, 5.41) is 3.73. The Hall–Kier alpha value is -1.55. The summed E-state index contributed by atoms with van der Waals surface area (Å²) in [5.41, 5.74) is 1.03. The fraction of sp³-hybridized carbons (Fsp3) is 0.533. The lowest BCUT2D eigenvalue weighted by Crippen LogP contribution is -2.45. The first-order chi connectivity index (χ1) is 8.81. The molecule has 0 aliphatic carbocycles. The molecule has 1 amide bonds. The number of benzene rings is 1. The molecule has 0 fully saturated rings. The zero-order valence-corrected chi connectivity index (χ0v) is 12.8. The molecule has 0 saturated heterocycles. The molecule has 1 rings (SSSR count). The number of rotatable bonds is 6. The standard InChI is InChI=1S/C15H26N3O/c1-14(19)17(12-9-13-18(3,4)5)16(2)15-10-7-6-8-11-15/h6-8,10-11H,9,12-13H2,1-5H3/q+1. The van der Waals surface area contributed by atoms with Crippen LogP contribution < -0.4 is 5.01 Å². The molecule has 0 bridgehead atoms. The third-order valence-electron chi connectivity index (χ3n) is 3.05. The smallest absolute Gasteiger partial charge is 0.237 e. The minimum atomic E-state index is 0.0766. The molecule has 1 aromatic rings. The van der Waals surface area contributed by atoms with E-state index in [0.717, 1.165) is 29.7 Å². The van der Waals surface area contributed by atoms with Crippen molar-refractivity contribution in [1.82, 2.24) is 5.01 Å². The van der Waals surface area contributed by atoms with Gasteiger partial charge >= 0.3 is 0 Å². The van der Waals surface area contributed by atoms with Crippen LogP contribution in [0.2, 0.25) is 0 Å². The summed E-state index contributed by atoms with van der Waals surface area (Å²) in [6.07, 6.45) is 0.986. The molecular formula is C15H26N3O+. The number of hydrazine groups is 1. The summed E-state index contributed by atoms with van der Waals surface area (Å²) in [6.45, 7) is 3.41. The van der Waals surface area contributed by atoms with Crippen molar-refractivity contribution < 1.29 is 9.28 Å². The van der Waals surface area contributed by atoms with Gasteiger partial charge in [-0.1, -0.05) is 18.2 Å². The van der Waals surface area contributed by atoms with E-state index in [4.69, 9.17) is 0 Å². The molecule has 0 unspecified atom stereocenters. The number of para-hydroxylation sites is 1. The molecule has 1 aromatic carbocycles. The second-order valence-corrected chi connectivity index (χ2v) is 5.87. The van der Waals surface area contributed by atoms with Crippen molar-refractivity contribution in [3.8, 4) is 0 Å². The van der Waals surface area contributed by atoms with Crippen LogP contribution in [0.4, 0.5) is 5.69 Å². The van der Waals surface area contributed by atoms with E-state index in [1.807, 2.05) is 42.4 Å². The van der Waals surface area contributed by atoms with Gasteiger partial charge in [0.15, 0.2) is 0 Å². The summed E-state index contributed by atoms with van der Waals surface area (Å²) >= 11 is 0. The molecule has 0 aliphatic heterocycles. The van der Waals surface area contributed by atoms with Gasteiger partial charge < -0.3 is 4.48 Å². The molecule has 19 heavy (non-hydrogen) atoms. The van der Waals surface area contributed by atoms with Crippen LogP contribution >= 0.6 is 0 Å². The Morgan fingerprint density at radius 2 is 1.74 bits per heavy atom. The number of hydrogen-bond acceptors (Lipinski definition) is 2. The van der Waals surface area contributed by atoms with Crippen LogP contribution in [0.25, 0.3) is 0 Å². The minimum absolute atomic E-state index is 0.0766. The minimum Gasteiger partial charge on any atom is -0.331 e. The molecule has 0 radical (unpaired) electrons. The molecule has 4 heteroatoms. The zero-order valence-electron chi connectivity index (χ0n) is 12.8. The average Bonchev–Trinajstić information content (AvgIpc) is 2.33. The zero-order chi connectivity index (χ0) is 14.5. The van der Waals surface area contributed by atoms with Crippen molar-refractivity contribution in [1.29, 1.82) is 0 Å². The van der Waals surface area contributed by atoms with E-state index in [-0.39, 0.29) is 5.91 Å². The molecule has 0 aliphatic rings. The third kappa shape index (κ3) is 5.30. The molecule has 0 N–H and O–H groups in total. The van der Waals surface area contributed by atoms with Gasteiger partial charge in [-0.05, 0) is 12.1 Å². The number of nitrogens with zero attached hydrogens (tertiary/aromatic N) is 3. The first-order valence-corrected chi connectivity index (χ1v) is 6.68. The molecule has 0 heterocycles. The van der Waals surface area contributed by atoms with Crippen molar-refractivity contribution >= 4 is 11.6 Å². The number of hydrogen-bond donors (Lipinski definition) is 0. The van der Waals surface area contributed by atoms with Crippen LogP contribution in [0.3, 0.4) is 0 Å². The van der Waals surface area contributed by atoms with Gasteiger partial charge in [-0.2, -0.15) is 0 Å². The summed E-state index contributed by atoms with van der Waals surface area (Å²) in [4.78, 5) is 11.8. The Balaban J connectivity index is 2.65. The van der Waals surface area contributed by atoms with E-state index in [1.165, 1.54) is 0 Å². The van der Waals surface area contributed by atoms with E-state index in [0.29, 0.717) is 0 Å². The largest absolute Gasteiger partial charge is 0.331 e. The molecule has 0 aromatic heterocycles. The van der Waals surface area contributed by atoms with Gasteiger partial charge in [-0.25, -0.2) is 0 Å². The fourth-order valence-corrected chi connectivity index (χ4v) is 2.00. The molecule has 0 spiro atoms. The monoisotopic (exact) mass is 264 g/mol. The van der Waals surface area contributed by atoms with Crippen molar-refractivity contribution in [3.05, 3.63) is 30.3 Å². The topological polar surface area (TPSA) is 23.6 Å². The van der Waals surface area contributed by atoms with E-state index < -0.39 is 0 Å². The lowest BCUT2D eigenvalue weighted by Gasteiger charge is -2.33. The van der Waals surface area contributed by atoms with Gasteiger partial charge in [0, 0.05) is 26.9 Å². The predicted octanol–water partition coefficient (Wildman–Crippen LogP) is 1.98. The highest BCUT2D eigenvalue weighted by molar-refractivity contribution is 5.75. The Bertz CT molecular complexity index is 398. The summed E-state index contributed by atoms with van der Waals surface area (Å²) in [7, 11) is 8.43. The van der Waals surface area contributed by atoms with Crippen molar-refractivity contribution in [2.24, 2.45) is 0 Å². The van der Waals surface area contributed by atoms with Gasteiger partial charge in [0.1, 0.15) is 0 Å². The van der Waals surface area contributed by atoms with Crippen LogP contribution in [0.15, 0.2) is 30.3 Å². The molecule has 0 saturated carbocycles. The number of amides is 1. The SMILES string of the molecule is CC(=O)N(CCC[N+](C)(C)C)N(C)c1ccccc1. The lowest BCUT2D eigenvalue weighted by molar-refractivity contribution is -0.870. The summed E-state index contributed by atoms with van der Waals surface area (Å²) < 4.78 is 0.917. The second kappa shape index (κ2) is 6.57. The molecule has 4 nitrogen and oxygen atoms in total. The van der Waals surface area contributed by atoms with Gasteiger partial charge in [0.2, 0.25) is 5.91 Å². The molecule has 106 valence electrons. The highest BCUT2D eigenvalue weighted by Crippen LogP contribution is 2.14. The quantitative estimate of drug-likeness (QED) is 0.579. The van der Waals surface area contributed by atoms with Gasteiger partial charge in [0.05, 0.1) is 33.4 Å². The normalized spacial score (nSPS) is 11.2. The lowest BCUT2D eigenvalue weighted by atomic mass is 10.3. The van der Waals surface area contributed by atoms with Crippen LogP contribution in [-0.2, 0) is 4.79 Å². The van der Waals surface area contributed by atoms with E-state index in [1.54, 1.807) is 11.9 Å². The van der Waals surface area contributed by atoms with E-state index >= 15 is 0 Å². The summed E-state index contributed by atoms with van der Waals surface area (Å²) in [6, 6.07) is 9.96. The first-order valence-electron chi connectivity index (χ1n) is 6.68. The summed E-state index contributed by atoms with van der Waals surface area (Å²) in [5.74, 6) is 0.0766. The second-order valence-electron chi connectivity index (χ2n) is 5.87. The number of carbonyl (C=O) groups excluding carboxylic acids is 1. The Morgan fingerprint density at radius 1 is 1.16 bits per heavy atom. The van der Waals surface area contributed by atoms with Crippen LogP contribution in [0.1, 0.15) is 13.3 Å². The molecular weight excluding hydrogens is 238 g/mol. The predicted molar refractivity (Wildman–Crippen MR) is 79.7 cm³/mol. The first kappa shape index (κ1) is 15.5. The third-order valence-corrected chi connectivity index (χ3v) is 3.05. The van der Waals surface area contributed by atoms with Gasteiger partial charge in [-0.15, -0.1) is 0 Å². The van der Waals surface area contributed by atoms with Crippen LogP contribution in [-0.4, -0.2) is 56.7 Å². The Kier molecular flexibility index (Phi) is 5.36. The number of carbonyl (C=O) groups is 1. The molecule has 0 atom stereocenters. The highest BCUT2D eigenvalue weighted by Gasteiger charge is 2.16. The van der Waals surface area contributed by atoms with Gasteiger partial charge in [-0.3, -0.25) is 14.8 Å². The maximum absolute atomic E-state index is 11.8. The number of anilines is 1. The van der Waals surface area contributed by atoms with Crippen LogP contribution in [0.5, 0.6) is 0 Å². The Labute approximate surface area is 116 Å². The van der Waals surface area contributed by atoms with E-state index in [9.17, 15) is 4.79 Å². The maximum Gasteiger partial charge on any atom is 0.237 e. The van der Waals surface area contributed by atoms with E-state index in [2.05, 4.69) is 21.1 Å². The van der Waals surface area contributed by atoms with Crippen molar-refractivity contribution in [3.63, 3.8) is 0 Å². The Morgan fingerprint density at radius 3 is 2.21 bits per heavy atom. The maximum atomic E-state index is 11.8. The fourth-order valence-electron chi connectivity index (χ4n) is 2.00. The van der Waals surface area contributed by atoms with Gasteiger partial charge in [0.25, 0.3) is 0 Å².